The molecule has 0 amide bonds. The molecule has 20 heavy (non-hydrogen) atoms. The van der Waals surface area contributed by atoms with Crippen LogP contribution >= 0.6 is 0 Å². The number of rotatable bonds is 4. The normalized spacial score (nSPS) is 40.0. The Morgan fingerprint density at radius 2 is 1.50 bits per heavy atom. The van der Waals surface area contributed by atoms with Gasteiger partial charge in [-0.05, 0) is 80.1 Å². The molecule has 1 unspecified atom stereocenters. The third-order valence-corrected chi connectivity index (χ3v) is 6.15. The van der Waals surface area contributed by atoms with Crippen molar-refractivity contribution in [2.75, 3.05) is 0 Å². The first kappa shape index (κ1) is 12.9. The van der Waals surface area contributed by atoms with Gasteiger partial charge in [-0.1, -0.05) is 30.3 Å². The van der Waals surface area contributed by atoms with E-state index in [4.69, 9.17) is 0 Å². The molecule has 1 aromatic rings. The summed E-state index contributed by atoms with van der Waals surface area (Å²) in [6.45, 7) is 0. The fourth-order valence-electron chi connectivity index (χ4n) is 6.00. The second-order valence-electron chi connectivity index (χ2n) is 7.97. The third kappa shape index (κ3) is 2.41. The quantitative estimate of drug-likeness (QED) is 0.869. The fraction of sp³-hybridized carbons (Fsp3) is 0.684. The highest BCUT2D eigenvalue weighted by Crippen LogP contribution is 2.61. The van der Waals surface area contributed by atoms with E-state index in [-0.39, 0.29) is 6.10 Å². The maximum absolute atomic E-state index is 10.6. The summed E-state index contributed by atoms with van der Waals surface area (Å²) in [5, 5.41) is 10.6. The molecule has 0 spiro atoms. The van der Waals surface area contributed by atoms with Crippen LogP contribution in [-0.2, 0) is 6.42 Å². The van der Waals surface area contributed by atoms with E-state index in [2.05, 4.69) is 30.3 Å². The summed E-state index contributed by atoms with van der Waals surface area (Å²) >= 11 is 0. The number of aliphatic hydroxyl groups is 1. The van der Waals surface area contributed by atoms with E-state index in [1.54, 1.807) is 0 Å². The predicted molar refractivity (Wildman–Crippen MR) is 81.4 cm³/mol. The zero-order valence-electron chi connectivity index (χ0n) is 12.3. The van der Waals surface area contributed by atoms with Gasteiger partial charge in [0, 0.05) is 0 Å². The van der Waals surface area contributed by atoms with Gasteiger partial charge in [0.25, 0.3) is 0 Å². The highest BCUT2D eigenvalue weighted by Gasteiger charge is 2.51. The van der Waals surface area contributed by atoms with Gasteiger partial charge in [-0.25, -0.2) is 0 Å². The predicted octanol–water partition coefficient (Wildman–Crippen LogP) is 4.20. The van der Waals surface area contributed by atoms with Gasteiger partial charge in [0.1, 0.15) is 0 Å². The standard InChI is InChI=1S/C19H26O/c20-18(9-14-4-2-1-3-5-14)13-19-10-15-6-16(11-19)8-17(7-15)12-19/h1-5,15-18,20H,6-13H2. The Hall–Kier alpha value is -0.820. The molecule has 0 aromatic heterocycles. The second-order valence-corrected chi connectivity index (χ2v) is 7.97. The first-order chi connectivity index (χ1) is 9.71. The van der Waals surface area contributed by atoms with Crippen molar-refractivity contribution in [1.82, 2.24) is 0 Å². The molecule has 4 fully saturated rings. The Kier molecular flexibility index (Phi) is 3.14. The van der Waals surface area contributed by atoms with E-state index >= 15 is 0 Å². The van der Waals surface area contributed by atoms with Gasteiger partial charge in [-0.15, -0.1) is 0 Å². The Morgan fingerprint density at radius 3 is 2.05 bits per heavy atom. The molecule has 1 atom stereocenters. The second kappa shape index (κ2) is 4.87. The molecule has 108 valence electrons. The fourth-order valence-corrected chi connectivity index (χ4v) is 6.00. The van der Waals surface area contributed by atoms with Crippen LogP contribution in [0.5, 0.6) is 0 Å². The van der Waals surface area contributed by atoms with Gasteiger partial charge in [0.15, 0.2) is 0 Å². The summed E-state index contributed by atoms with van der Waals surface area (Å²) in [4.78, 5) is 0. The number of benzene rings is 1. The Labute approximate surface area is 122 Å². The molecular formula is C19H26O. The maximum atomic E-state index is 10.6. The zero-order valence-corrected chi connectivity index (χ0v) is 12.3. The first-order valence-electron chi connectivity index (χ1n) is 8.43. The van der Waals surface area contributed by atoms with Crippen molar-refractivity contribution in [3.05, 3.63) is 35.9 Å². The first-order valence-corrected chi connectivity index (χ1v) is 8.43. The molecule has 0 aliphatic heterocycles. The minimum Gasteiger partial charge on any atom is -0.393 e. The van der Waals surface area contributed by atoms with Crippen molar-refractivity contribution < 1.29 is 5.11 Å². The SMILES string of the molecule is OC(Cc1ccccc1)CC12CC3CC(CC(C3)C1)C2. The zero-order chi connectivity index (χ0) is 13.6. The third-order valence-electron chi connectivity index (χ3n) is 6.15. The maximum Gasteiger partial charge on any atom is 0.0585 e. The number of hydrogen-bond donors (Lipinski definition) is 1. The lowest BCUT2D eigenvalue weighted by Gasteiger charge is -2.57. The molecule has 4 bridgehead atoms. The highest BCUT2D eigenvalue weighted by molar-refractivity contribution is 5.15. The average molecular weight is 270 g/mol. The lowest BCUT2D eigenvalue weighted by molar-refractivity contribution is -0.0756. The lowest BCUT2D eigenvalue weighted by Crippen LogP contribution is -2.47. The minimum absolute atomic E-state index is 0.145. The molecule has 4 saturated carbocycles. The molecule has 4 aliphatic rings. The van der Waals surface area contributed by atoms with Gasteiger partial charge in [0.2, 0.25) is 0 Å². The summed E-state index contributed by atoms with van der Waals surface area (Å²) in [7, 11) is 0. The summed E-state index contributed by atoms with van der Waals surface area (Å²) in [5.74, 6) is 2.97. The summed E-state index contributed by atoms with van der Waals surface area (Å²) in [5.41, 5.74) is 1.79. The van der Waals surface area contributed by atoms with Crippen LogP contribution in [0.15, 0.2) is 30.3 Å². The van der Waals surface area contributed by atoms with Crippen molar-refractivity contribution in [3.63, 3.8) is 0 Å². The Bertz CT molecular complexity index is 429. The van der Waals surface area contributed by atoms with Gasteiger partial charge in [-0.2, -0.15) is 0 Å². The van der Waals surface area contributed by atoms with E-state index in [1.807, 2.05) is 0 Å². The van der Waals surface area contributed by atoms with Crippen LogP contribution in [0, 0.1) is 23.2 Å². The summed E-state index contributed by atoms with van der Waals surface area (Å²) in [6, 6.07) is 10.5. The lowest BCUT2D eigenvalue weighted by atomic mass is 9.48. The van der Waals surface area contributed by atoms with Crippen LogP contribution < -0.4 is 0 Å². The molecule has 0 saturated heterocycles. The van der Waals surface area contributed by atoms with Crippen molar-refractivity contribution >= 4 is 0 Å². The van der Waals surface area contributed by atoms with Crippen LogP contribution in [0.2, 0.25) is 0 Å². The van der Waals surface area contributed by atoms with Crippen molar-refractivity contribution in [3.8, 4) is 0 Å². The molecule has 0 heterocycles. The van der Waals surface area contributed by atoms with Crippen LogP contribution in [0.25, 0.3) is 0 Å². The van der Waals surface area contributed by atoms with Gasteiger partial charge in [-0.3, -0.25) is 0 Å². The number of hydrogen-bond acceptors (Lipinski definition) is 1. The largest absolute Gasteiger partial charge is 0.393 e. The molecule has 1 nitrogen and oxygen atoms in total. The van der Waals surface area contributed by atoms with Crippen LogP contribution in [0.1, 0.15) is 50.5 Å². The van der Waals surface area contributed by atoms with E-state index < -0.39 is 0 Å². The van der Waals surface area contributed by atoms with E-state index in [1.165, 1.54) is 44.1 Å². The molecule has 1 N–H and O–H groups in total. The molecule has 1 aromatic carbocycles. The van der Waals surface area contributed by atoms with Crippen molar-refractivity contribution in [2.45, 2.75) is 57.5 Å². The molecule has 4 aliphatic carbocycles. The monoisotopic (exact) mass is 270 g/mol. The Morgan fingerprint density at radius 1 is 0.950 bits per heavy atom. The van der Waals surface area contributed by atoms with E-state index in [0.717, 1.165) is 30.6 Å². The van der Waals surface area contributed by atoms with Crippen LogP contribution in [0.3, 0.4) is 0 Å². The van der Waals surface area contributed by atoms with Crippen LogP contribution in [-0.4, -0.2) is 11.2 Å². The molecule has 5 rings (SSSR count). The topological polar surface area (TPSA) is 20.2 Å². The van der Waals surface area contributed by atoms with Gasteiger partial charge in [0.05, 0.1) is 6.10 Å². The summed E-state index contributed by atoms with van der Waals surface area (Å²) < 4.78 is 0. The molecule has 0 radical (unpaired) electrons. The van der Waals surface area contributed by atoms with E-state index in [9.17, 15) is 5.11 Å². The number of aliphatic hydroxyl groups excluding tert-OH is 1. The smallest absolute Gasteiger partial charge is 0.0585 e. The molecule has 1 heteroatoms. The van der Waals surface area contributed by atoms with E-state index in [0.29, 0.717) is 5.41 Å². The van der Waals surface area contributed by atoms with Crippen molar-refractivity contribution in [2.24, 2.45) is 23.2 Å². The minimum atomic E-state index is -0.145. The average Bonchev–Trinajstić information content (AvgIpc) is 2.37. The highest BCUT2D eigenvalue weighted by atomic mass is 16.3. The summed E-state index contributed by atoms with van der Waals surface area (Å²) in [6.07, 6.45) is 10.4. The van der Waals surface area contributed by atoms with Crippen LogP contribution in [0.4, 0.5) is 0 Å². The van der Waals surface area contributed by atoms with Gasteiger partial charge >= 0.3 is 0 Å². The Balaban J connectivity index is 1.43. The van der Waals surface area contributed by atoms with Crippen molar-refractivity contribution in [1.29, 1.82) is 0 Å². The van der Waals surface area contributed by atoms with Gasteiger partial charge < -0.3 is 5.11 Å². The molecular weight excluding hydrogens is 244 g/mol.